The zero-order valence-electron chi connectivity index (χ0n) is 11.2. The first-order valence-corrected chi connectivity index (χ1v) is 6.83. The number of rotatable bonds is 7. The molecule has 0 atom stereocenters. The first-order chi connectivity index (χ1) is 8.41. The minimum absolute atomic E-state index is 0.0714. The van der Waals surface area contributed by atoms with E-state index in [0.717, 1.165) is 24.4 Å². The first-order valence-electron chi connectivity index (χ1n) is 6.01. The fraction of sp³-hybridized carbons (Fsp3) is 0.727. The molecule has 102 valence electrons. The summed E-state index contributed by atoms with van der Waals surface area (Å²) in [5.74, 6) is 0. The smallest absolute Gasteiger partial charge is 0.345 e. The summed E-state index contributed by atoms with van der Waals surface area (Å²) in [4.78, 5) is 16.4. The van der Waals surface area contributed by atoms with Crippen LogP contribution in [-0.4, -0.2) is 40.0 Å². The maximum absolute atomic E-state index is 10.5. The molecular weight excluding hydrogens is 252 g/mol. The molecule has 0 aliphatic carbocycles. The van der Waals surface area contributed by atoms with Crippen LogP contribution in [0.3, 0.4) is 0 Å². The number of nitro groups is 1. The van der Waals surface area contributed by atoms with E-state index in [-0.39, 0.29) is 5.00 Å². The van der Waals surface area contributed by atoms with Crippen molar-refractivity contribution < 1.29 is 4.92 Å². The third-order valence-corrected chi connectivity index (χ3v) is 3.55. The van der Waals surface area contributed by atoms with Gasteiger partial charge in [-0.2, -0.15) is 0 Å². The van der Waals surface area contributed by atoms with Crippen LogP contribution >= 0.6 is 11.3 Å². The molecule has 1 N–H and O–H groups in total. The van der Waals surface area contributed by atoms with E-state index in [9.17, 15) is 10.1 Å². The van der Waals surface area contributed by atoms with Gasteiger partial charge in [-0.05, 0) is 39.0 Å². The van der Waals surface area contributed by atoms with Crippen LogP contribution in [0.4, 0.5) is 10.1 Å². The van der Waals surface area contributed by atoms with E-state index < -0.39 is 4.92 Å². The van der Waals surface area contributed by atoms with Gasteiger partial charge in [-0.15, -0.1) is 0 Å². The van der Waals surface area contributed by atoms with Gasteiger partial charge >= 0.3 is 5.00 Å². The van der Waals surface area contributed by atoms with Crippen molar-refractivity contribution in [1.82, 2.24) is 9.88 Å². The van der Waals surface area contributed by atoms with Gasteiger partial charge in [-0.25, -0.2) is 4.98 Å². The van der Waals surface area contributed by atoms with Crippen molar-refractivity contribution in [2.24, 2.45) is 0 Å². The van der Waals surface area contributed by atoms with Crippen LogP contribution in [0.5, 0.6) is 0 Å². The molecule has 7 heteroatoms. The lowest BCUT2D eigenvalue weighted by Gasteiger charge is -2.30. The Morgan fingerprint density at radius 3 is 2.50 bits per heavy atom. The van der Waals surface area contributed by atoms with E-state index in [0.29, 0.717) is 17.2 Å². The lowest BCUT2D eigenvalue weighted by Crippen LogP contribution is -2.40. The van der Waals surface area contributed by atoms with E-state index in [1.54, 1.807) is 0 Å². The van der Waals surface area contributed by atoms with Crippen LogP contribution < -0.4 is 5.32 Å². The Morgan fingerprint density at radius 2 is 2.06 bits per heavy atom. The highest BCUT2D eigenvalue weighted by Gasteiger charge is 2.14. The summed E-state index contributed by atoms with van der Waals surface area (Å²) in [6, 6.07) is 0.967. The van der Waals surface area contributed by atoms with Gasteiger partial charge in [0.15, 0.2) is 5.13 Å². The van der Waals surface area contributed by atoms with Gasteiger partial charge in [-0.3, -0.25) is 15.0 Å². The fourth-order valence-electron chi connectivity index (χ4n) is 1.84. The Balaban J connectivity index is 2.42. The molecule has 0 spiro atoms. The van der Waals surface area contributed by atoms with E-state index >= 15 is 0 Å². The molecule has 0 saturated heterocycles. The number of nitrogens with one attached hydrogen (secondary N) is 1. The molecule has 6 nitrogen and oxygen atoms in total. The molecule has 1 rings (SSSR count). The van der Waals surface area contributed by atoms with E-state index in [2.05, 4.69) is 42.9 Å². The van der Waals surface area contributed by atoms with E-state index in [1.807, 2.05) is 0 Å². The molecular formula is C11H20N4O2S. The van der Waals surface area contributed by atoms with Crippen LogP contribution in [0, 0.1) is 10.1 Å². The van der Waals surface area contributed by atoms with Crippen LogP contribution in [-0.2, 0) is 0 Å². The molecule has 1 heterocycles. The minimum atomic E-state index is -0.419. The second kappa shape index (κ2) is 6.65. The Morgan fingerprint density at radius 1 is 1.44 bits per heavy atom. The second-order valence-corrected chi connectivity index (χ2v) is 5.62. The average Bonchev–Trinajstić information content (AvgIpc) is 2.71. The van der Waals surface area contributed by atoms with Crippen molar-refractivity contribution >= 4 is 21.5 Å². The molecule has 0 saturated carbocycles. The number of hydrogen-bond acceptors (Lipinski definition) is 6. The van der Waals surface area contributed by atoms with Crippen molar-refractivity contribution in [3.63, 3.8) is 0 Å². The number of nitrogens with zero attached hydrogens (tertiary/aromatic N) is 3. The van der Waals surface area contributed by atoms with Gasteiger partial charge in [0, 0.05) is 25.2 Å². The van der Waals surface area contributed by atoms with Crippen molar-refractivity contribution in [3.05, 3.63) is 16.3 Å². The summed E-state index contributed by atoms with van der Waals surface area (Å²) in [5.41, 5.74) is 0. The highest BCUT2D eigenvalue weighted by Crippen LogP contribution is 2.24. The Kier molecular flexibility index (Phi) is 5.49. The van der Waals surface area contributed by atoms with Gasteiger partial charge in [0.2, 0.25) is 0 Å². The Labute approximate surface area is 111 Å². The van der Waals surface area contributed by atoms with Gasteiger partial charge in [0.1, 0.15) is 6.20 Å². The van der Waals surface area contributed by atoms with Crippen molar-refractivity contribution in [2.45, 2.75) is 39.8 Å². The van der Waals surface area contributed by atoms with Crippen LogP contribution in [0.1, 0.15) is 27.7 Å². The highest BCUT2D eigenvalue weighted by atomic mass is 32.1. The number of aromatic nitrogens is 1. The van der Waals surface area contributed by atoms with Crippen LogP contribution in [0.15, 0.2) is 6.20 Å². The van der Waals surface area contributed by atoms with Crippen LogP contribution in [0.25, 0.3) is 0 Å². The average molecular weight is 272 g/mol. The Bertz CT molecular complexity index is 384. The summed E-state index contributed by atoms with van der Waals surface area (Å²) < 4.78 is 0. The van der Waals surface area contributed by atoms with Gasteiger partial charge in [-0.1, -0.05) is 0 Å². The molecule has 0 bridgehead atoms. The molecule has 0 aliphatic rings. The second-order valence-electron chi connectivity index (χ2n) is 4.61. The monoisotopic (exact) mass is 272 g/mol. The predicted octanol–water partition coefficient (Wildman–Crippen LogP) is 2.58. The quantitative estimate of drug-likeness (QED) is 0.610. The van der Waals surface area contributed by atoms with Crippen LogP contribution in [0.2, 0.25) is 0 Å². The third-order valence-electron chi connectivity index (χ3n) is 2.65. The zero-order chi connectivity index (χ0) is 13.7. The SMILES string of the molecule is CC(C)N(CCNc1ncc([N+](=O)[O-])s1)C(C)C. The van der Waals surface area contributed by atoms with Crippen molar-refractivity contribution in [1.29, 1.82) is 0 Å². The number of thiazole rings is 1. The fourth-order valence-corrected chi connectivity index (χ4v) is 2.49. The van der Waals surface area contributed by atoms with Crippen molar-refractivity contribution in [2.75, 3.05) is 18.4 Å². The van der Waals surface area contributed by atoms with Crippen molar-refractivity contribution in [3.8, 4) is 0 Å². The maximum Gasteiger partial charge on any atom is 0.345 e. The normalized spacial score (nSPS) is 11.5. The van der Waals surface area contributed by atoms with Gasteiger partial charge < -0.3 is 5.32 Å². The number of anilines is 1. The molecule has 0 aromatic carbocycles. The maximum atomic E-state index is 10.5. The predicted molar refractivity (Wildman–Crippen MR) is 74.2 cm³/mol. The zero-order valence-corrected chi connectivity index (χ0v) is 12.0. The van der Waals surface area contributed by atoms with Gasteiger partial charge in [0.25, 0.3) is 0 Å². The summed E-state index contributed by atoms with van der Waals surface area (Å²) in [7, 11) is 0. The molecule has 1 aromatic heterocycles. The summed E-state index contributed by atoms with van der Waals surface area (Å²) in [6.07, 6.45) is 1.29. The number of hydrogen-bond donors (Lipinski definition) is 1. The molecule has 18 heavy (non-hydrogen) atoms. The minimum Gasteiger partial charge on any atom is -0.360 e. The Hall–Kier alpha value is -1.21. The summed E-state index contributed by atoms with van der Waals surface area (Å²) in [6.45, 7) is 10.3. The molecule has 0 aliphatic heterocycles. The standard InChI is InChI=1S/C11H20N4O2S/c1-8(2)14(9(3)4)6-5-12-11-13-7-10(18-11)15(16)17/h7-9H,5-6H2,1-4H3,(H,12,13). The largest absolute Gasteiger partial charge is 0.360 e. The topological polar surface area (TPSA) is 71.3 Å². The lowest BCUT2D eigenvalue weighted by molar-refractivity contribution is -0.380. The van der Waals surface area contributed by atoms with Gasteiger partial charge in [0.05, 0.1) is 4.92 Å². The lowest BCUT2D eigenvalue weighted by atomic mass is 10.2. The van der Waals surface area contributed by atoms with E-state index in [4.69, 9.17) is 0 Å². The van der Waals surface area contributed by atoms with E-state index in [1.165, 1.54) is 6.20 Å². The highest BCUT2D eigenvalue weighted by molar-refractivity contribution is 7.18. The summed E-state index contributed by atoms with van der Waals surface area (Å²) in [5, 5.41) is 14.3. The molecule has 0 fully saturated rings. The molecule has 1 aromatic rings. The summed E-state index contributed by atoms with van der Waals surface area (Å²) >= 11 is 1.07. The third kappa shape index (κ3) is 4.23. The molecule has 0 amide bonds. The molecule has 0 radical (unpaired) electrons. The first kappa shape index (κ1) is 14.8. The molecule has 0 unspecified atom stereocenters.